The first kappa shape index (κ1) is 14.9. The van der Waals surface area contributed by atoms with Gasteiger partial charge in [-0.3, -0.25) is 9.69 Å². The highest BCUT2D eigenvalue weighted by Gasteiger charge is 2.22. The summed E-state index contributed by atoms with van der Waals surface area (Å²) in [6.07, 6.45) is 2.23. The quantitative estimate of drug-likeness (QED) is 0.775. The number of methoxy groups -OCH3 is 2. The number of rotatable bonds is 5. The number of carbonyl (C=O) groups is 1. The topological polar surface area (TPSA) is 38.8 Å². The van der Waals surface area contributed by atoms with E-state index in [1.165, 1.54) is 19.2 Å². The molecule has 0 aliphatic carbocycles. The lowest BCUT2D eigenvalue weighted by molar-refractivity contribution is 0.0314. The molecular formula is C15H20FNO3. The third-order valence-electron chi connectivity index (χ3n) is 3.64. The van der Waals surface area contributed by atoms with Crippen molar-refractivity contribution in [3.63, 3.8) is 0 Å². The van der Waals surface area contributed by atoms with Crippen LogP contribution in [0.5, 0.6) is 5.75 Å². The van der Waals surface area contributed by atoms with Crippen LogP contribution < -0.4 is 4.74 Å². The standard InChI is InChI=1S/C15H20FNO3/c1-19-12-4-3-7-17(9-12)10-14(18)11-5-6-15(20-2)13(16)8-11/h5-6,8,12H,3-4,7,9-10H2,1-2H3. The third-order valence-corrected chi connectivity index (χ3v) is 3.64. The lowest BCUT2D eigenvalue weighted by Gasteiger charge is -2.31. The smallest absolute Gasteiger partial charge is 0.176 e. The monoisotopic (exact) mass is 281 g/mol. The molecule has 1 atom stereocenters. The van der Waals surface area contributed by atoms with Gasteiger partial charge in [0, 0.05) is 19.2 Å². The van der Waals surface area contributed by atoms with Gasteiger partial charge in [0.1, 0.15) is 0 Å². The summed E-state index contributed by atoms with van der Waals surface area (Å²) < 4.78 is 23.8. The Bertz CT molecular complexity index is 478. The van der Waals surface area contributed by atoms with Crippen molar-refractivity contribution in [2.75, 3.05) is 33.9 Å². The number of ether oxygens (including phenoxy) is 2. The summed E-state index contributed by atoms with van der Waals surface area (Å²) in [7, 11) is 3.09. The number of hydrogen-bond acceptors (Lipinski definition) is 4. The Hall–Kier alpha value is -1.46. The SMILES string of the molecule is COc1ccc(C(=O)CN2CCCC(OC)C2)cc1F. The number of halogens is 1. The van der Waals surface area contributed by atoms with Gasteiger partial charge in [-0.2, -0.15) is 0 Å². The van der Waals surface area contributed by atoms with Gasteiger partial charge in [0.2, 0.25) is 0 Å². The van der Waals surface area contributed by atoms with E-state index in [4.69, 9.17) is 9.47 Å². The van der Waals surface area contributed by atoms with Crippen molar-refractivity contribution in [2.24, 2.45) is 0 Å². The molecule has 1 aliphatic heterocycles. The largest absolute Gasteiger partial charge is 0.494 e. The maximum Gasteiger partial charge on any atom is 0.176 e. The van der Waals surface area contributed by atoms with Crippen LogP contribution in [0.4, 0.5) is 4.39 Å². The van der Waals surface area contributed by atoms with Crippen LogP contribution in [0.15, 0.2) is 18.2 Å². The fourth-order valence-corrected chi connectivity index (χ4v) is 2.48. The average molecular weight is 281 g/mol. The first-order chi connectivity index (χ1) is 9.63. The zero-order chi connectivity index (χ0) is 14.5. The number of piperidine rings is 1. The Morgan fingerprint density at radius 2 is 2.25 bits per heavy atom. The summed E-state index contributed by atoms with van der Waals surface area (Å²) in [4.78, 5) is 14.2. The van der Waals surface area contributed by atoms with Gasteiger partial charge >= 0.3 is 0 Å². The molecule has 1 aliphatic rings. The van der Waals surface area contributed by atoms with Crippen molar-refractivity contribution in [1.82, 2.24) is 4.90 Å². The fourth-order valence-electron chi connectivity index (χ4n) is 2.48. The first-order valence-corrected chi connectivity index (χ1v) is 6.76. The van der Waals surface area contributed by atoms with E-state index in [1.54, 1.807) is 13.2 Å². The number of Topliss-reactive ketones (excluding diaryl/α,β-unsaturated/α-hetero) is 1. The Morgan fingerprint density at radius 3 is 2.90 bits per heavy atom. The lowest BCUT2D eigenvalue weighted by atomic mass is 10.1. The highest BCUT2D eigenvalue weighted by Crippen LogP contribution is 2.19. The Labute approximate surface area is 118 Å². The number of ketones is 1. The highest BCUT2D eigenvalue weighted by molar-refractivity contribution is 5.97. The molecule has 1 aromatic rings. The second-order valence-electron chi connectivity index (χ2n) is 5.01. The number of carbonyl (C=O) groups excluding carboxylic acids is 1. The van der Waals surface area contributed by atoms with Gasteiger partial charge in [0.15, 0.2) is 17.3 Å². The van der Waals surface area contributed by atoms with E-state index in [9.17, 15) is 9.18 Å². The Kier molecular flexibility index (Phi) is 5.09. The molecule has 0 radical (unpaired) electrons. The van der Waals surface area contributed by atoms with E-state index in [0.29, 0.717) is 12.1 Å². The van der Waals surface area contributed by atoms with Crippen molar-refractivity contribution in [3.05, 3.63) is 29.6 Å². The minimum Gasteiger partial charge on any atom is -0.494 e. The Balaban J connectivity index is 1.99. The molecule has 0 N–H and O–H groups in total. The zero-order valence-electron chi connectivity index (χ0n) is 11.9. The van der Waals surface area contributed by atoms with Crippen molar-refractivity contribution < 1.29 is 18.7 Å². The fraction of sp³-hybridized carbons (Fsp3) is 0.533. The molecule has 1 unspecified atom stereocenters. The van der Waals surface area contributed by atoms with Crippen LogP contribution in [-0.4, -0.2) is 50.6 Å². The highest BCUT2D eigenvalue weighted by atomic mass is 19.1. The number of hydrogen-bond donors (Lipinski definition) is 0. The third kappa shape index (κ3) is 3.55. The molecule has 1 saturated heterocycles. The van der Waals surface area contributed by atoms with Gasteiger partial charge < -0.3 is 9.47 Å². The molecule has 1 heterocycles. The maximum atomic E-state index is 13.6. The maximum absolute atomic E-state index is 13.6. The van der Waals surface area contributed by atoms with Crippen molar-refractivity contribution >= 4 is 5.78 Å². The molecule has 1 fully saturated rings. The second kappa shape index (κ2) is 6.81. The number of benzene rings is 1. The van der Waals surface area contributed by atoms with E-state index in [2.05, 4.69) is 4.90 Å². The van der Waals surface area contributed by atoms with Crippen molar-refractivity contribution in [2.45, 2.75) is 18.9 Å². The van der Waals surface area contributed by atoms with Gasteiger partial charge in [-0.25, -0.2) is 4.39 Å². The van der Waals surface area contributed by atoms with E-state index in [1.807, 2.05) is 0 Å². The molecular weight excluding hydrogens is 261 g/mol. The van der Waals surface area contributed by atoms with Crippen LogP contribution >= 0.6 is 0 Å². The number of likely N-dealkylation sites (tertiary alicyclic amines) is 1. The van der Waals surface area contributed by atoms with Gasteiger partial charge in [0.05, 0.1) is 19.8 Å². The molecule has 4 nitrogen and oxygen atoms in total. The summed E-state index contributed by atoms with van der Waals surface area (Å²) in [5, 5.41) is 0. The zero-order valence-corrected chi connectivity index (χ0v) is 11.9. The van der Waals surface area contributed by atoms with Crippen molar-refractivity contribution in [1.29, 1.82) is 0 Å². The minimum atomic E-state index is -0.508. The van der Waals surface area contributed by atoms with Gasteiger partial charge in [-0.15, -0.1) is 0 Å². The molecule has 20 heavy (non-hydrogen) atoms. The first-order valence-electron chi connectivity index (χ1n) is 6.76. The molecule has 0 amide bonds. The molecule has 1 aromatic carbocycles. The van der Waals surface area contributed by atoms with E-state index < -0.39 is 5.82 Å². The normalized spacial score (nSPS) is 19.9. The van der Waals surface area contributed by atoms with Gasteiger partial charge in [-0.05, 0) is 37.6 Å². The van der Waals surface area contributed by atoms with Crippen molar-refractivity contribution in [3.8, 4) is 5.75 Å². The van der Waals surface area contributed by atoms with Gasteiger partial charge in [0.25, 0.3) is 0 Å². The summed E-state index contributed by atoms with van der Waals surface area (Å²) in [6, 6.07) is 4.32. The summed E-state index contributed by atoms with van der Waals surface area (Å²) >= 11 is 0. The van der Waals surface area contributed by atoms with Crippen LogP contribution in [0.2, 0.25) is 0 Å². The molecule has 0 bridgehead atoms. The summed E-state index contributed by atoms with van der Waals surface area (Å²) in [6.45, 7) is 1.93. The van der Waals surface area contributed by atoms with Crippen LogP contribution in [0, 0.1) is 5.82 Å². The molecule has 110 valence electrons. The molecule has 0 spiro atoms. The van der Waals surface area contributed by atoms with Crippen LogP contribution in [0.3, 0.4) is 0 Å². The Morgan fingerprint density at radius 1 is 1.45 bits per heavy atom. The summed E-state index contributed by atoms with van der Waals surface area (Å²) in [5.74, 6) is -0.436. The van der Waals surface area contributed by atoms with E-state index in [0.717, 1.165) is 25.9 Å². The van der Waals surface area contributed by atoms with Crippen LogP contribution in [-0.2, 0) is 4.74 Å². The molecule has 5 heteroatoms. The minimum absolute atomic E-state index is 0.0803. The molecule has 2 rings (SSSR count). The predicted molar refractivity (Wildman–Crippen MR) is 73.8 cm³/mol. The summed E-state index contributed by atoms with van der Waals surface area (Å²) in [5.41, 5.74) is 0.378. The van der Waals surface area contributed by atoms with Crippen LogP contribution in [0.1, 0.15) is 23.2 Å². The lowest BCUT2D eigenvalue weighted by Crippen LogP contribution is -2.41. The van der Waals surface area contributed by atoms with Gasteiger partial charge in [-0.1, -0.05) is 0 Å². The molecule has 0 aromatic heterocycles. The average Bonchev–Trinajstić information content (AvgIpc) is 2.47. The van der Waals surface area contributed by atoms with Crippen LogP contribution in [0.25, 0.3) is 0 Å². The predicted octanol–water partition coefficient (Wildman–Crippen LogP) is 2.13. The number of nitrogens with zero attached hydrogens (tertiary/aromatic N) is 1. The second-order valence-corrected chi connectivity index (χ2v) is 5.01. The van der Waals surface area contributed by atoms with E-state index >= 15 is 0 Å². The van der Waals surface area contributed by atoms with E-state index in [-0.39, 0.29) is 17.6 Å². The molecule has 0 saturated carbocycles.